The fourth-order valence-corrected chi connectivity index (χ4v) is 1.68. The molecule has 1 aromatic heterocycles. The van der Waals surface area contributed by atoms with Gasteiger partial charge >= 0.3 is 0 Å². The predicted octanol–water partition coefficient (Wildman–Crippen LogP) is 1.84. The fraction of sp³-hybridized carbons (Fsp3) is 0.556. The van der Waals surface area contributed by atoms with E-state index in [1.807, 2.05) is 19.2 Å². The van der Waals surface area contributed by atoms with Crippen molar-refractivity contribution in [3.05, 3.63) is 16.1 Å². The Hall–Kier alpha value is -0.920. The van der Waals surface area contributed by atoms with Crippen molar-refractivity contribution in [2.45, 2.75) is 32.9 Å². The highest BCUT2D eigenvalue weighted by Gasteiger charge is 2.02. The Morgan fingerprint density at radius 3 is 3.08 bits per heavy atom. The predicted molar refractivity (Wildman–Crippen MR) is 53.4 cm³/mol. The Bertz CT molecular complexity index is 300. The Morgan fingerprint density at radius 1 is 1.77 bits per heavy atom. The van der Waals surface area contributed by atoms with Crippen molar-refractivity contribution in [3.63, 3.8) is 0 Å². The molecular formula is C9H13N3S. The van der Waals surface area contributed by atoms with E-state index in [9.17, 15) is 0 Å². The van der Waals surface area contributed by atoms with Crippen LogP contribution in [0.15, 0.2) is 5.38 Å². The quantitative estimate of drug-likeness (QED) is 0.797. The van der Waals surface area contributed by atoms with Gasteiger partial charge in [-0.05, 0) is 13.8 Å². The Labute approximate surface area is 82.4 Å². The summed E-state index contributed by atoms with van der Waals surface area (Å²) < 4.78 is 0. The van der Waals surface area contributed by atoms with Gasteiger partial charge in [-0.25, -0.2) is 4.98 Å². The lowest BCUT2D eigenvalue weighted by Crippen LogP contribution is -2.24. The van der Waals surface area contributed by atoms with E-state index in [1.54, 1.807) is 11.3 Å². The molecule has 1 rings (SSSR count). The third kappa shape index (κ3) is 3.53. The summed E-state index contributed by atoms with van der Waals surface area (Å²) in [5, 5.41) is 14.8. The molecule has 0 radical (unpaired) electrons. The number of aromatic nitrogens is 1. The van der Waals surface area contributed by atoms with Gasteiger partial charge in [0.25, 0.3) is 0 Å². The molecule has 0 aliphatic rings. The number of hydrogen-bond acceptors (Lipinski definition) is 4. The molecule has 1 aromatic rings. The smallest absolute Gasteiger partial charge is 0.107 e. The third-order valence-corrected chi connectivity index (χ3v) is 2.63. The van der Waals surface area contributed by atoms with Gasteiger partial charge in [-0.15, -0.1) is 11.3 Å². The molecule has 0 fully saturated rings. The van der Waals surface area contributed by atoms with Crippen LogP contribution in [0.2, 0.25) is 0 Å². The summed E-state index contributed by atoms with van der Waals surface area (Å²) in [6.07, 6.45) is 0.546. The highest BCUT2D eigenvalue weighted by atomic mass is 32.1. The third-order valence-electron chi connectivity index (χ3n) is 1.67. The van der Waals surface area contributed by atoms with Gasteiger partial charge < -0.3 is 5.32 Å². The first-order valence-corrected chi connectivity index (χ1v) is 5.11. The van der Waals surface area contributed by atoms with Crippen LogP contribution in [-0.2, 0) is 6.54 Å². The van der Waals surface area contributed by atoms with E-state index in [2.05, 4.69) is 16.4 Å². The van der Waals surface area contributed by atoms with E-state index in [4.69, 9.17) is 5.26 Å². The largest absolute Gasteiger partial charge is 0.307 e. The summed E-state index contributed by atoms with van der Waals surface area (Å²) >= 11 is 1.65. The molecule has 0 aliphatic carbocycles. The van der Waals surface area contributed by atoms with Gasteiger partial charge in [0.15, 0.2) is 0 Å². The van der Waals surface area contributed by atoms with Crippen LogP contribution in [0.4, 0.5) is 0 Å². The molecule has 1 unspecified atom stereocenters. The first kappa shape index (κ1) is 10.2. The number of nitrogens with one attached hydrogen (secondary N) is 1. The summed E-state index contributed by atoms with van der Waals surface area (Å²) in [5.41, 5.74) is 1.06. The highest BCUT2D eigenvalue weighted by molar-refractivity contribution is 7.09. The number of nitriles is 1. The van der Waals surface area contributed by atoms with Crippen molar-refractivity contribution < 1.29 is 0 Å². The van der Waals surface area contributed by atoms with E-state index >= 15 is 0 Å². The van der Waals surface area contributed by atoms with Crippen LogP contribution < -0.4 is 5.32 Å². The zero-order chi connectivity index (χ0) is 9.68. The summed E-state index contributed by atoms with van der Waals surface area (Å²) in [7, 11) is 0. The molecule has 1 atom stereocenters. The molecule has 4 heteroatoms. The van der Waals surface area contributed by atoms with Gasteiger partial charge in [-0.1, -0.05) is 0 Å². The Balaban J connectivity index is 2.31. The topological polar surface area (TPSA) is 48.7 Å². The second-order valence-electron chi connectivity index (χ2n) is 3.03. The lowest BCUT2D eigenvalue weighted by molar-refractivity contribution is 0.556. The lowest BCUT2D eigenvalue weighted by Gasteiger charge is -2.07. The number of aryl methyl sites for hydroxylation is 1. The van der Waals surface area contributed by atoms with E-state index in [0.717, 1.165) is 17.2 Å². The number of thiazole rings is 1. The van der Waals surface area contributed by atoms with Gasteiger partial charge in [-0.2, -0.15) is 5.26 Å². The van der Waals surface area contributed by atoms with E-state index in [-0.39, 0.29) is 6.04 Å². The standard InChI is InChI=1S/C9H13N3S/c1-7(3-4-10)11-5-9-12-8(2)6-13-9/h6-7,11H,3,5H2,1-2H3. The summed E-state index contributed by atoms with van der Waals surface area (Å²) in [6, 6.07) is 2.37. The molecule has 0 spiro atoms. The normalized spacial score (nSPS) is 12.4. The molecule has 0 amide bonds. The monoisotopic (exact) mass is 195 g/mol. The zero-order valence-electron chi connectivity index (χ0n) is 7.87. The van der Waals surface area contributed by atoms with Crippen molar-refractivity contribution in [1.29, 1.82) is 5.26 Å². The summed E-state index contributed by atoms with van der Waals surface area (Å²) in [4.78, 5) is 4.32. The molecule has 70 valence electrons. The fourth-order valence-electron chi connectivity index (χ4n) is 0.955. The van der Waals surface area contributed by atoms with Crippen molar-refractivity contribution in [3.8, 4) is 6.07 Å². The van der Waals surface area contributed by atoms with E-state index < -0.39 is 0 Å². The Kier molecular flexibility index (Phi) is 3.87. The van der Waals surface area contributed by atoms with Gasteiger partial charge in [0.2, 0.25) is 0 Å². The minimum absolute atomic E-state index is 0.245. The lowest BCUT2D eigenvalue weighted by atomic mass is 10.2. The Morgan fingerprint density at radius 2 is 2.54 bits per heavy atom. The second kappa shape index (κ2) is 4.95. The first-order chi connectivity index (χ1) is 6.22. The number of nitrogens with zero attached hydrogens (tertiary/aromatic N) is 2. The van der Waals surface area contributed by atoms with Crippen molar-refractivity contribution in [1.82, 2.24) is 10.3 Å². The molecule has 0 aromatic carbocycles. The van der Waals surface area contributed by atoms with Crippen molar-refractivity contribution >= 4 is 11.3 Å². The van der Waals surface area contributed by atoms with Crippen LogP contribution in [-0.4, -0.2) is 11.0 Å². The SMILES string of the molecule is Cc1csc(CNC(C)CC#N)n1. The molecule has 13 heavy (non-hydrogen) atoms. The van der Waals surface area contributed by atoms with E-state index in [1.165, 1.54) is 0 Å². The van der Waals surface area contributed by atoms with Crippen LogP contribution in [0.25, 0.3) is 0 Å². The van der Waals surface area contributed by atoms with Crippen LogP contribution in [0.5, 0.6) is 0 Å². The second-order valence-corrected chi connectivity index (χ2v) is 3.97. The average molecular weight is 195 g/mol. The van der Waals surface area contributed by atoms with E-state index in [0.29, 0.717) is 6.42 Å². The molecule has 1 N–H and O–H groups in total. The van der Waals surface area contributed by atoms with Crippen LogP contribution in [0, 0.1) is 18.3 Å². The molecule has 0 saturated carbocycles. The highest BCUT2D eigenvalue weighted by Crippen LogP contribution is 2.08. The average Bonchev–Trinajstić information content (AvgIpc) is 2.49. The summed E-state index contributed by atoms with van der Waals surface area (Å²) in [6.45, 7) is 4.75. The molecule has 0 bridgehead atoms. The number of rotatable bonds is 4. The molecule has 1 heterocycles. The maximum atomic E-state index is 8.43. The van der Waals surface area contributed by atoms with Crippen LogP contribution >= 0.6 is 11.3 Å². The zero-order valence-corrected chi connectivity index (χ0v) is 8.69. The maximum Gasteiger partial charge on any atom is 0.107 e. The first-order valence-electron chi connectivity index (χ1n) is 4.23. The van der Waals surface area contributed by atoms with Gasteiger partial charge in [0.1, 0.15) is 5.01 Å². The minimum atomic E-state index is 0.245. The van der Waals surface area contributed by atoms with Crippen LogP contribution in [0.1, 0.15) is 24.0 Å². The molecule has 0 saturated heterocycles. The van der Waals surface area contributed by atoms with Crippen molar-refractivity contribution in [2.24, 2.45) is 0 Å². The van der Waals surface area contributed by atoms with Gasteiger partial charge in [0.05, 0.1) is 12.5 Å². The van der Waals surface area contributed by atoms with Crippen LogP contribution in [0.3, 0.4) is 0 Å². The van der Waals surface area contributed by atoms with Gasteiger partial charge in [0, 0.05) is 23.7 Å². The van der Waals surface area contributed by atoms with Crippen molar-refractivity contribution in [2.75, 3.05) is 0 Å². The summed E-state index contributed by atoms with van der Waals surface area (Å²) in [5.74, 6) is 0. The number of hydrogen-bond donors (Lipinski definition) is 1. The minimum Gasteiger partial charge on any atom is -0.307 e. The van der Waals surface area contributed by atoms with Gasteiger partial charge in [-0.3, -0.25) is 0 Å². The molecule has 0 aliphatic heterocycles. The molecular weight excluding hydrogens is 182 g/mol. The maximum absolute atomic E-state index is 8.43. The molecule has 3 nitrogen and oxygen atoms in total.